The molecule has 0 aliphatic carbocycles. The number of halogens is 2. The summed E-state index contributed by atoms with van der Waals surface area (Å²) in [5, 5.41) is 7.41. The number of thiocarbonyl (C=S) groups is 1. The summed E-state index contributed by atoms with van der Waals surface area (Å²) in [4.78, 5) is 13.6. The molecule has 0 saturated carbocycles. The molecule has 0 radical (unpaired) electrons. The zero-order valence-electron chi connectivity index (χ0n) is 20.0. The molecule has 196 valence electrons. The molecule has 1 heterocycles. The van der Waals surface area contributed by atoms with Crippen LogP contribution in [0, 0.1) is 6.92 Å². The Morgan fingerprint density at radius 1 is 0.921 bits per heavy atom. The third kappa shape index (κ3) is 6.28. The zero-order valence-corrected chi connectivity index (χ0v) is 24.0. The third-order valence-electron chi connectivity index (χ3n) is 5.36. The number of carbonyl (C=O) groups excluding carboxylic acids is 1. The van der Waals surface area contributed by atoms with Crippen molar-refractivity contribution >= 4 is 84.2 Å². The SMILES string of the molecule is COC(=O)c1c(NC(=S)Nc2ccc(S(=O)(=O)Nc3ccc(Cl)c(Cl)c3)cc2)sc(C)c1-c1ccccc1. The summed E-state index contributed by atoms with van der Waals surface area (Å²) in [6.45, 7) is 1.92. The van der Waals surface area contributed by atoms with Crippen molar-refractivity contribution in [3.05, 3.63) is 93.3 Å². The fraction of sp³-hybridized carbons (Fsp3) is 0.0769. The quantitative estimate of drug-likeness (QED) is 0.149. The topological polar surface area (TPSA) is 96.5 Å². The molecule has 4 rings (SSSR count). The first-order chi connectivity index (χ1) is 18.1. The number of methoxy groups -OCH3 is 1. The van der Waals surface area contributed by atoms with Crippen LogP contribution in [-0.4, -0.2) is 26.6 Å². The van der Waals surface area contributed by atoms with Crippen molar-refractivity contribution in [3.63, 3.8) is 0 Å². The lowest BCUT2D eigenvalue weighted by atomic mass is 10.0. The summed E-state index contributed by atoms with van der Waals surface area (Å²) < 4.78 is 33.0. The summed E-state index contributed by atoms with van der Waals surface area (Å²) >= 11 is 18.7. The Kier molecular flexibility index (Phi) is 8.59. The average Bonchev–Trinajstić information content (AvgIpc) is 3.21. The number of ether oxygens (including phenoxy) is 1. The summed E-state index contributed by atoms with van der Waals surface area (Å²) in [6, 6.07) is 20.0. The van der Waals surface area contributed by atoms with Crippen LogP contribution >= 0.6 is 46.8 Å². The van der Waals surface area contributed by atoms with E-state index in [9.17, 15) is 13.2 Å². The average molecular weight is 607 g/mol. The van der Waals surface area contributed by atoms with Gasteiger partial charge in [0.15, 0.2) is 5.11 Å². The van der Waals surface area contributed by atoms with Crippen molar-refractivity contribution in [3.8, 4) is 11.1 Å². The molecule has 0 fully saturated rings. The van der Waals surface area contributed by atoms with E-state index in [2.05, 4.69) is 15.4 Å². The van der Waals surface area contributed by atoms with Gasteiger partial charge in [0.2, 0.25) is 0 Å². The molecule has 38 heavy (non-hydrogen) atoms. The van der Waals surface area contributed by atoms with Crippen LogP contribution in [0.2, 0.25) is 10.0 Å². The highest BCUT2D eigenvalue weighted by atomic mass is 35.5. The molecule has 1 aromatic heterocycles. The molecule has 4 aromatic rings. The van der Waals surface area contributed by atoms with Crippen LogP contribution < -0.4 is 15.4 Å². The normalized spacial score (nSPS) is 11.1. The molecule has 0 atom stereocenters. The highest BCUT2D eigenvalue weighted by Gasteiger charge is 2.24. The summed E-state index contributed by atoms with van der Waals surface area (Å²) in [6.07, 6.45) is 0. The number of anilines is 3. The number of hydrogen-bond donors (Lipinski definition) is 3. The van der Waals surface area contributed by atoms with Gasteiger partial charge in [-0.1, -0.05) is 53.5 Å². The highest BCUT2D eigenvalue weighted by molar-refractivity contribution is 7.92. The van der Waals surface area contributed by atoms with E-state index in [1.807, 2.05) is 37.3 Å². The van der Waals surface area contributed by atoms with E-state index in [4.69, 9.17) is 40.2 Å². The number of hydrogen-bond acceptors (Lipinski definition) is 6. The van der Waals surface area contributed by atoms with Crippen LogP contribution in [0.15, 0.2) is 77.7 Å². The van der Waals surface area contributed by atoms with E-state index in [0.29, 0.717) is 21.3 Å². The number of esters is 1. The Labute approximate surface area is 239 Å². The van der Waals surface area contributed by atoms with Gasteiger partial charge in [0, 0.05) is 16.1 Å². The fourth-order valence-corrected chi connectivity index (χ4v) is 6.34. The molecule has 0 saturated heterocycles. The standard InChI is InChI=1S/C26H21Cl2N3O4S3/c1-15-22(16-6-4-3-5-7-16)23(25(32)35-2)24(37-15)30-26(36)29-17-8-11-19(12-9-17)38(33,34)31-18-10-13-20(27)21(28)14-18/h3-14,31H,1-2H3,(H2,29,30,36). The van der Waals surface area contributed by atoms with Gasteiger partial charge in [-0.05, 0) is 67.2 Å². The molecule has 12 heteroatoms. The van der Waals surface area contributed by atoms with Gasteiger partial charge in [-0.15, -0.1) is 11.3 Å². The number of nitrogens with one attached hydrogen (secondary N) is 3. The minimum absolute atomic E-state index is 0.0439. The first-order valence-corrected chi connectivity index (χ1v) is 14.5. The zero-order chi connectivity index (χ0) is 27.4. The molecule has 0 spiro atoms. The van der Waals surface area contributed by atoms with Crippen molar-refractivity contribution in [2.24, 2.45) is 0 Å². The van der Waals surface area contributed by atoms with Crippen molar-refractivity contribution in [2.45, 2.75) is 11.8 Å². The Bertz CT molecular complexity index is 1610. The lowest BCUT2D eigenvalue weighted by Gasteiger charge is -2.12. The first-order valence-electron chi connectivity index (χ1n) is 11.0. The van der Waals surface area contributed by atoms with Crippen LogP contribution in [0.25, 0.3) is 11.1 Å². The largest absolute Gasteiger partial charge is 0.465 e. The van der Waals surface area contributed by atoms with E-state index in [1.54, 1.807) is 12.1 Å². The minimum atomic E-state index is -3.86. The molecule has 0 bridgehead atoms. The second kappa shape index (κ2) is 11.7. The monoisotopic (exact) mass is 605 g/mol. The molecule has 0 aliphatic heterocycles. The van der Waals surface area contributed by atoms with Gasteiger partial charge in [0.1, 0.15) is 10.6 Å². The molecule has 0 amide bonds. The number of rotatable bonds is 7. The highest BCUT2D eigenvalue weighted by Crippen LogP contribution is 2.40. The van der Waals surface area contributed by atoms with Crippen molar-refractivity contribution in [1.29, 1.82) is 0 Å². The Morgan fingerprint density at radius 3 is 2.21 bits per heavy atom. The van der Waals surface area contributed by atoms with Gasteiger partial charge in [0.25, 0.3) is 10.0 Å². The van der Waals surface area contributed by atoms with Crippen LogP contribution in [0.3, 0.4) is 0 Å². The van der Waals surface area contributed by atoms with Crippen LogP contribution in [0.1, 0.15) is 15.2 Å². The number of benzene rings is 3. The number of thiophene rings is 1. The number of carbonyl (C=O) groups is 1. The first kappa shape index (κ1) is 27.9. The maximum Gasteiger partial charge on any atom is 0.341 e. The Balaban J connectivity index is 1.50. The Morgan fingerprint density at radius 2 is 1.58 bits per heavy atom. The van der Waals surface area contributed by atoms with E-state index >= 15 is 0 Å². The van der Waals surface area contributed by atoms with E-state index in [-0.39, 0.29) is 20.7 Å². The smallest absolute Gasteiger partial charge is 0.341 e. The predicted molar refractivity (Wildman–Crippen MR) is 159 cm³/mol. The van der Waals surface area contributed by atoms with Crippen LogP contribution in [0.4, 0.5) is 16.4 Å². The van der Waals surface area contributed by atoms with Gasteiger partial charge >= 0.3 is 5.97 Å². The van der Waals surface area contributed by atoms with Crippen molar-refractivity contribution in [2.75, 3.05) is 22.5 Å². The van der Waals surface area contributed by atoms with Gasteiger partial charge in [0.05, 0.1) is 27.7 Å². The summed E-state index contributed by atoms with van der Waals surface area (Å²) in [7, 11) is -2.53. The maximum atomic E-state index is 12.8. The van der Waals surface area contributed by atoms with Gasteiger partial charge in [-0.25, -0.2) is 13.2 Å². The molecule has 3 N–H and O–H groups in total. The molecular weight excluding hydrogens is 585 g/mol. The maximum absolute atomic E-state index is 12.8. The van der Waals surface area contributed by atoms with Crippen molar-refractivity contribution < 1.29 is 17.9 Å². The number of aryl methyl sites for hydroxylation is 1. The molecular formula is C26H21Cl2N3O4S3. The molecule has 3 aromatic carbocycles. The van der Waals surface area contributed by atoms with Gasteiger partial charge in [-0.3, -0.25) is 4.72 Å². The number of sulfonamides is 1. The van der Waals surface area contributed by atoms with Gasteiger partial charge in [-0.2, -0.15) is 0 Å². The second-order valence-electron chi connectivity index (χ2n) is 7.93. The van der Waals surface area contributed by atoms with Crippen molar-refractivity contribution in [1.82, 2.24) is 0 Å². The van der Waals surface area contributed by atoms with Gasteiger partial charge < -0.3 is 15.4 Å². The van der Waals surface area contributed by atoms with E-state index in [0.717, 1.165) is 16.0 Å². The lowest BCUT2D eigenvalue weighted by molar-refractivity contribution is 0.0603. The second-order valence-corrected chi connectivity index (χ2v) is 12.1. The molecule has 7 nitrogen and oxygen atoms in total. The minimum Gasteiger partial charge on any atom is -0.465 e. The third-order valence-corrected chi connectivity index (χ3v) is 8.72. The predicted octanol–water partition coefficient (Wildman–Crippen LogP) is 7.43. The van der Waals surface area contributed by atoms with E-state index in [1.165, 1.54) is 48.8 Å². The molecule has 0 unspecified atom stereocenters. The fourth-order valence-electron chi connectivity index (χ4n) is 3.64. The van der Waals surface area contributed by atoms with E-state index < -0.39 is 16.0 Å². The summed E-state index contributed by atoms with van der Waals surface area (Å²) in [5.74, 6) is -0.484. The molecule has 0 aliphatic rings. The Hall–Kier alpha value is -3.15. The summed E-state index contributed by atoms with van der Waals surface area (Å²) in [5.41, 5.74) is 2.89. The van der Waals surface area contributed by atoms with Crippen LogP contribution in [-0.2, 0) is 14.8 Å². The lowest BCUT2D eigenvalue weighted by Crippen LogP contribution is -2.20. The van der Waals surface area contributed by atoms with Crippen LogP contribution in [0.5, 0.6) is 0 Å².